The number of Topliss-reactive ketones (excluding diaryl/α,β-unsaturated/α-hetero) is 2. The summed E-state index contributed by atoms with van der Waals surface area (Å²) in [5.41, 5.74) is -3.54. The van der Waals surface area contributed by atoms with E-state index in [4.69, 9.17) is 18.6 Å². The van der Waals surface area contributed by atoms with Crippen molar-refractivity contribution in [3.63, 3.8) is 0 Å². The molecule has 0 amide bonds. The Morgan fingerprint density at radius 3 is 2.49 bits per heavy atom. The summed E-state index contributed by atoms with van der Waals surface area (Å²) >= 11 is 0. The van der Waals surface area contributed by atoms with Crippen molar-refractivity contribution < 1.29 is 47.7 Å². The number of aliphatic hydroxyl groups is 1. The number of cyclic esters (lactones) is 1. The molecule has 2 heterocycles. The predicted octanol–water partition coefficient (Wildman–Crippen LogP) is 3.27. The van der Waals surface area contributed by atoms with Gasteiger partial charge in [0.1, 0.15) is 6.10 Å². The number of carbonyl (C=O) groups excluding carboxylic acids is 5. The Morgan fingerprint density at radius 1 is 1.21 bits per heavy atom. The fourth-order valence-corrected chi connectivity index (χ4v) is 6.97. The molecule has 0 bridgehead atoms. The predicted molar refractivity (Wildman–Crippen MR) is 135 cm³/mol. The number of furan rings is 1. The zero-order chi connectivity index (χ0) is 28.9. The molecule has 1 saturated carbocycles. The van der Waals surface area contributed by atoms with Crippen LogP contribution >= 0.6 is 0 Å². The fourth-order valence-electron chi connectivity index (χ4n) is 6.97. The quantitative estimate of drug-likeness (QED) is 0.418. The van der Waals surface area contributed by atoms with Crippen molar-refractivity contribution in [1.82, 2.24) is 0 Å². The van der Waals surface area contributed by atoms with Crippen LogP contribution in [0.25, 0.3) is 0 Å². The number of esters is 3. The summed E-state index contributed by atoms with van der Waals surface area (Å²) in [4.78, 5) is 64.9. The molecule has 212 valence electrons. The van der Waals surface area contributed by atoms with Gasteiger partial charge < -0.3 is 23.7 Å². The molecule has 1 aliphatic heterocycles. The Hall–Kier alpha value is -3.27. The van der Waals surface area contributed by atoms with E-state index in [1.54, 1.807) is 19.1 Å². The zero-order valence-corrected chi connectivity index (χ0v) is 23.1. The first-order valence-electron chi connectivity index (χ1n) is 13.1. The van der Waals surface area contributed by atoms with Gasteiger partial charge in [-0.25, -0.2) is 0 Å². The van der Waals surface area contributed by atoms with Gasteiger partial charge in [-0.2, -0.15) is 0 Å². The van der Waals surface area contributed by atoms with E-state index in [1.807, 2.05) is 20.8 Å². The van der Waals surface area contributed by atoms with Gasteiger partial charge in [0.2, 0.25) is 0 Å². The van der Waals surface area contributed by atoms with E-state index in [0.717, 1.165) is 6.92 Å². The van der Waals surface area contributed by atoms with E-state index in [0.29, 0.717) is 12.0 Å². The van der Waals surface area contributed by atoms with Gasteiger partial charge in [-0.05, 0) is 23.8 Å². The molecule has 1 N–H and O–H groups in total. The average molecular weight is 545 g/mol. The van der Waals surface area contributed by atoms with Crippen LogP contribution in [0.5, 0.6) is 0 Å². The van der Waals surface area contributed by atoms with Crippen LogP contribution < -0.4 is 0 Å². The second kappa shape index (κ2) is 10.0. The van der Waals surface area contributed by atoms with Crippen LogP contribution in [-0.4, -0.2) is 53.4 Å². The molecule has 7 atom stereocenters. The highest BCUT2D eigenvalue weighted by Gasteiger charge is 2.67. The van der Waals surface area contributed by atoms with E-state index in [1.165, 1.54) is 19.6 Å². The highest BCUT2D eigenvalue weighted by molar-refractivity contribution is 6.02. The maximum absolute atomic E-state index is 13.8. The Kier molecular flexibility index (Phi) is 7.40. The zero-order valence-electron chi connectivity index (χ0n) is 23.1. The van der Waals surface area contributed by atoms with Crippen LogP contribution in [-0.2, 0) is 38.2 Å². The van der Waals surface area contributed by atoms with Gasteiger partial charge in [0.25, 0.3) is 0 Å². The topological polar surface area (TPSA) is 146 Å². The standard InChI is InChI=1S/C29H36O10/c1-15-19(11-22(32)36-6)27(3,4)13-18(24(15)34)26(38-16(2)30)29(35)20-12-23(33)39-25(17-8-10-37-14-17)28(20,5)9-7-21(29)31/h8,10,13-15,19-20,25-26,35H,7,9,11-12H2,1-6H3/t15-,19-,20-,25+,26-,28-,29+/m1/s1. The molecule has 0 unspecified atom stereocenters. The smallest absolute Gasteiger partial charge is 0.306 e. The first kappa shape index (κ1) is 28.7. The molecule has 0 spiro atoms. The molecule has 39 heavy (non-hydrogen) atoms. The van der Waals surface area contributed by atoms with Crippen LogP contribution in [0.15, 0.2) is 34.7 Å². The number of carbonyl (C=O) groups is 5. The molecule has 1 aromatic heterocycles. The molecule has 4 rings (SSSR count). The number of ether oxygens (including phenoxy) is 3. The molecular formula is C29H36O10. The Bertz CT molecular complexity index is 1210. The van der Waals surface area contributed by atoms with Crippen molar-refractivity contribution in [2.75, 3.05) is 7.11 Å². The molecule has 3 aliphatic rings. The van der Waals surface area contributed by atoms with Gasteiger partial charge in [-0.1, -0.05) is 33.8 Å². The maximum atomic E-state index is 13.8. The number of hydrogen-bond donors (Lipinski definition) is 1. The van der Waals surface area contributed by atoms with E-state index in [2.05, 4.69) is 0 Å². The van der Waals surface area contributed by atoms with Crippen LogP contribution in [0.4, 0.5) is 0 Å². The van der Waals surface area contributed by atoms with E-state index >= 15 is 0 Å². The molecule has 1 aromatic rings. The third kappa shape index (κ3) is 4.73. The van der Waals surface area contributed by atoms with Crippen molar-refractivity contribution in [2.24, 2.45) is 28.6 Å². The number of hydrogen-bond acceptors (Lipinski definition) is 10. The molecular weight excluding hydrogens is 508 g/mol. The summed E-state index contributed by atoms with van der Waals surface area (Å²) in [5.74, 6) is -5.14. The molecule has 10 nitrogen and oxygen atoms in total. The number of ketones is 2. The summed E-state index contributed by atoms with van der Waals surface area (Å²) in [6, 6.07) is 1.66. The third-order valence-corrected chi connectivity index (χ3v) is 9.09. The lowest BCUT2D eigenvalue weighted by molar-refractivity contribution is -0.223. The number of fused-ring (bicyclic) bond motifs is 1. The summed E-state index contributed by atoms with van der Waals surface area (Å²) < 4.78 is 21.4. The Morgan fingerprint density at radius 2 is 1.90 bits per heavy atom. The van der Waals surface area contributed by atoms with Crippen molar-refractivity contribution in [3.8, 4) is 0 Å². The minimum Gasteiger partial charge on any atom is -0.472 e. The minimum atomic E-state index is -2.38. The minimum absolute atomic E-state index is 0.0134. The van der Waals surface area contributed by atoms with Crippen molar-refractivity contribution >= 4 is 29.5 Å². The summed E-state index contributed by atoms with van der Waals surface area (Å²) in [7, 11) is 1.27. The number of methoxy groups -OCH3 is 1. The molecule has 2 aliphatic carbocycles. The van der Waals surface area contributed by atoms with Crippen molar-refractivity contribution in [1.29, 1.82) is 0 Å². The number of allylic oxidation sites excluding steroid dienone is 1. The largest absolute Gasteiger partial charge is 0.472 e. The second-order valence-electron chi connectivity index (χ2n) is 11.9. The van der Waals surface area contributed by atoms with Gasteiger partial charge in [-0.15, -0.1) is 0 Å². The molecule has 0 aromatic carbocycles. The van der Waals surface area contributed by atoms with Crippen LogP contribution in [0.3, 0.4) is 0 Å². The fraction of sp³-hybridized carbons (Fsp3) is 0.621. The molecule has 2 fully saturated rings. The van der Waals surface area contributed by atoms with Crippen LogP contribution in [0.1, 0.15) is 72.0 Å². The van der Waals surface area contributed by atoms with E-state index in [-0.39, 0.29) is 24.8 Å². The molecule has 10 heteroatoms. The lowest BCUT2D eigenvalue weighted by atomic mass is 9.52. The van der Waals surface area contributed by atoms with Crippen molar-refractivity contribution in [2.45, 2.75) is 78.1 Å². The van der Waals surface area contributed by atoms with Gasteiger partial charge in [0, 0.05) is 48.2 Å². The summed E-state index contributed by atoms with van der Waals surface area (Å²) in [5, 5.41) is 12.4. The molecule has 1 saturated heterocycles. The van der Waals surface area contributed by atoms with Crippen LogP contribution in [0.2, 0.25) is 0 Å². The van der Waals surface area contributed by atoms with Crippen molar-refractivity contribution in [3.05, 3.63) is 35.8 Å². The van der Waals surface area contributed by atoms with Gasteiger partial charge in [-0.3, -0.25) is 24.0 Å². The van der Waals surface area contributed by atoms with E-state index < -0.39 is 75.9 Å². The number of rotatable bonds is 6. The Balaban J connectivity index is 1.86. The SMILES string of the molecule is COC(=O)C[C@@H]1[C@@H](C)C(=O)C([C@@H](OC(C)=O)[C@@]2(O)C(=O)CC[C@]3(C)[C@H]2CC(=O)O[C@H]3c2ccoc2)=CC1(C)C. The van der Waals surface area contributed by atoms with Crippen LogP contribution in [0, 0.1) is 28.6 Å². The lowest BCUT2D eigenvalue weighted by Crippen LogP contribution is -2.67. The Labute approximate surface area is 227 Å². The highest BCUT2D eigenvalue weighted by atomic mass is 16.6. The molecule has 0 radical (unpaired) electrons. The third-order valence-electron chi connectivity index (χ3n) is 9.09. The summed E-state index contributed by atoms with van der Waals surface area (Å²) in [6.45, 7) is 8.28. The second-order valence-corrected chi connectivity index (χ2v) is 11.9. The van der Waals surface area contributed by atoms with E-state index in [9.17, 15) is 29.1 Å². The first-order valence-corrected chi connectivity index (χ1v) is 13.1. The summed E-state index contributed by atoms with van der Waals surface area (Å²) in [6.07, 6.45) is 1.89. The highest BCUT2D eigenvalue weighted by Crippen LogP contribution is 2.59. The van der Waals surface area contributed by atoms with Gasteiger partial charge in [0.05, 0.1) is 26.1 Å². The first-order chi connectivity index (χ1) is 18.2. The van der Waals surface area contributed by atoms with Gasteiger partial charge >= 0.3 is 17.9 Å². The normalized spacial score (nSPS) is 34.8. The monoisotopic (exact) mass is 544 g/mol. The van der Waals surface area contributed by atoms with Gasteiger partial charge in [0.15, 0.2) is 23.3 Å². The average Bonchev–Trinajstić information content (AvgIpc) is 3.40. The maximum Gasteiger partial charge on any atom is 0.306 e. The lowest BCUT2D eigenvalue weighted by Gasteiger charge is -2.56.